The maximum atomic E-state index is 13.2. The number of anilines is 2. The summed E-state index contributed by atoms with van der Waals surface area (Å²) in [5, 5.41) is 10.9. The van der Waals surface area contributed by atoms with E-state index in [9.17, 15) is 17.6 Å². The molecule has 1 atom stereocenters. The number of sulfonamides is 1. The highest BCUT2D eigenvalue weighted by Gasteiger charge is 2.29. The van der Waals surface area contributed by atoms with Crippen molar-refractivity contribution >= 4 is 49.8 Å². The first-order valence-corrected chi connectivity index (χ1v) is 12.4. The Balaban J connectivity index is 1.68. The van der Waals surface area contributed by atoms with Crippen LogP contribution in [0.3, 0.4) is 0 Å². The Hall–Kier alpha value is -2.50. The number of carbonyl (C=O) groups excluding carboxylic acids is 1. The number of hydrogen-bond donors (Lipinski definition) is 1. The highest BCUT2D eigenvalue weighted by atomic mass is 32.2. The van der Waals surface area contributed by atoms with Gasteiger partial charge in [0, 0.05) is 5.75 Å². The van der Waals surface area contributed by atoms with Gasteiger partial charge in [-0.3, -0.25) is 14.4 Å². The van der Waals surface area contributed by atoms with Crippen LogP contribution in [0.2, 0.25) is 0 Å². The minimum atomic E-state index is -3.79. The van der Waals surface area contributed by atoms with Gasteiger partial charge in [0.15, 0.2) is 4.34 Å². The number of halogens is 1. The van der Waals surface area contributed by atoms with Crippen LogP contribution in [0.1, 0.15) is 12.5 Å². The maximum Gasteiger partial charge on any atom is 0.249 e. The van der Waals surface area contributed by atoms with Crippen molar-refractivity contribution in [2.45, 2.75) is 23.1 Å². The Morgan fingerprint density at radius 2 is 1.83 bits per heavy atom. The second-order valence-corrected chi connectivity index (χ2v) is 10.4. The Labute approximate surface area is 182 Å². The predicted octanol–water partition coefficient (Wildman–Crippen LogP) is 3.76. The van der Waals surface area contributed by atoms with Gasteiger partial charge in [-0.25, -0.2) is 12.8 Å². The van der Waals surface area contributed by atoms with Crippen LogP contribution < -0.4 is 9.62 Å². The normalized spacial score (nSPS) is 12.4. The lowest BCUT2D eigenvalue weighted by Crippen LogP contribution is -2.45. The highest BCUT2D eigenvalue weighted by molar-refractivity contribution is 8.00. The summed E-state index contributed by atoms with van der Waals surface area (Å²) in [5.41, 5.74) is 1.33. The molecule has 0 radical (unpaired) electrons. The molecule has 0 saturated carbocycles. The van der Waals surface area contributed by atoms with E-state index < -0.39 is 27.8 Å². The number of hydrogen-bond acceptors (Lipinski definition) is 7. The van der Waals surface area contributed by atoms with Crippen LogP contribution in [0.25, 0.3) is 0 Å². The number of carbonyl (C=O) groups is 1. The summed E-state index contributed by atoms with van der Waals surface area (Å²) in [6, 6.07) is 13.7. The molecule has 158 valence electrons. The van der Waals surface area contributed by atoms with Crippen molar-refractivity contribution in [1.82, 2.24) is 10.2 Å². The molecule has 1 N–H and O–H groups in total. The third kappa shape index (κ3) is 5.77. The van der Waals surface area contributed by atoms with Gasteiger partial charge in [0.2, 0.25) is 21.1 Å². The van der Waals surface area contributed by atoms with Gasteiger partial charge < -0.3 is 0 Å². The molecular formula is C19H19FN4O3S3. The average Bonchev–Trinajstić information content (AvgIpc) is 3.15. The van der Waals surface area contributed by atoms with Crippen LogP contribution in [0.5, 0.6) is 0 Å². The van der Waals surface area contributed by atoms with E-state index in [4.69, 9.17) is 0 Å². The number of amides is 1. The van der Waals surface area contributed by atoms with E-state index in [2.05, 4.69) is 15.5 Å². The van der Waals surface area contributed by atoms with Crippen molar-refractivity contribution in [3.63, 3.8) is 0 Å². The lowest BCUT2D eigenvalue weighted by molar-refractivity contribution is -0.116. The first-order chi connectivity index (χ1) is 14.2. The van der Waals surface area contributed by atoms with Gasteiger partial charge in [0.05, 0.1) is 11.9 Å². The van der Waals surface area contributed by atoms with E-state index in [0.717, 1.165) is 28.3 Å². The van der Waals surface area contributed by atoms with Crippen molar-refractivity contribution in [3.05, 3.63) is 66.0 Å². The molecule has 1 heterocycles. The lowest BCUT2D eigenvalue weighted by Gasteiger charge is -2.27. The summed E-state index contributed by atoms with van der Waals surface area (Å²) >= 11 is 2.70. The molecule has 3 rings (SSSR count). The zero-order valence-electron chi connectivity index (χ0n) is 16.1. The van der Waals surface area contributed by atoms with Crippen molar-refractivity contribution in [2.24, 2.45) is 0 Å². The molecule has 1 aromatic heterocycles. The molecule has 0 bridgehead atoms. The average molecular weight is 467 g/mol. The van der Waals surface area contributed by atoms with Gasteiger partial charge >= 0.3 is 0 Å². The molecule has 0 fully saturated rings. The van der Waals surface area contributed by atoms with E-state index in [1.807, 2.05) is 30.3 Å². The van der Waals surface area contributed by atoms with Gasteiger partial charge in [-0.1, -0.05) is 53.4 Å². The molecule has 0 aliphatic rings. The number of nitrogens with one attached hydrogen (secondary N) is 1. The molecule has 3 aromatic rings. The minimum Gasteiger partial charge on any atom is -0.299 e. The lowest BCUT2D eigenvalue weighted by atomic mass is 10.2. The molecule has 0 spiro atoms. The Morgan fingerprint density at radius 1 is 1.17 bits per heavy atom. The fraction of sp³-hybridized carbons (Fsp3) is 0.211. The number of thioether (sulfide) groups is 1. The second-order valence-electron chi connectivity index (χ2n) is 6.35. The van der Waals surface area contributed by atoms with Crippen molar-refractivity contribution < 1.29 is 17.6 Å². The van der Waals surface area contributed by atoms with Crippen LogP contribution in [0.4, 0.5) is 15.2 Å². The van der Waals surface area contributed by atoms with Gasteiger partial charge in [0.25, 0.3) is 0 Å². The van der Waals surface area contributed by atoms with Crippen molar-refractivity contribution in [3.8, 4) is 0 Å². The number of nitrogens with zero attached hydrogens (tertiary/aromatic N) is 3. The van der Waals surface area contributed by atoms with Gasteiger partial charge in [-0.15, -0.1) is 10.2 Å². The van der Waals surface area contributed by atoms with Crippen LogP contribution in [-0.2, 0) is 20.6 Å². The quantitative estimate of drug-likeness (QED) is 0.401. The van der Waals surface area contributed by atoms with E-state index in [-0.39, 0.29) is 10.8 Å². The zero-order chi connectivity index (χ0) is 21.7. The van der Waals surface area contributed by atoms with Gasteiger partial charge in [-0.05, 0) is 36.8 Å². The third-order valence-electron chi connectivity index (χ3n) is 4.01. The van der Waals surface area contributed by atoms with Crippen LogP contribution in [0.15, 0.2) is 58.9 Å². The molecule has 7 nitrogen and oxygen atoms in total. The van der Waals surface area contributed by atoms with Crippen LogP contribution in [0, 0.1) is 5.82 Å². The Bertz CT molecular complexity index is 1110. The van der Waals surface area contributed by atoms with Crippen LogP contribution in [-0.4, -0.2) is 36.8 Å². The van der Waals surface area contributed by atoms with Gasteiger partial charge in [-0.2, -0.15) is 0 Å². The summed E-state index contributed by atoms with van der Waals surface area (Å²) in [6.45, 7) is 1.45. The van der Waals surface area contributed by atoms with E-state index in [0.29, 0.717) is 10.1 Å². The second kappa shape index (κ2) is 9.54. The molecule has 11 heteroatoms. The van der Waals surface area contributed by atoms with Crippen LogP contribution >= 0.6 is 23.1 Å². The topological polar surface area (TPSA) is 92.3 Å². The zero-order valence-corrected chi connectivity index (χ0v) is 18.6. The maximum absolute atomic E-state index is 13.2. The molecule has 1 amide bonds. The number of rotatable bonds is 8. The fourth-order valence-corrected chi connectivity index (χ4v) is 5.53. The van der Waals surface area contributed by atoms with Gasteiger partial charge in [0.1, 0.15) is 11.9 Å². The molecular weight excluding hydrogens is 447 g/mol. The number of aromatic nitrogens is 2. The summed E-state index contributed by atoms with van der Waals surface area (Å²) < 4.78 is 39.3. The first kappa shape index (κ1) is 22.2. The van der Waals surface area contributed by atoms with Crippen molar-refractivity contribution in [2.75, 3.05) is 15.9 Å². The van der Waals surface area contributed by atoms with Crippen molar-refractivity contribution in [1.29, 1.82) is 0 Å². The molecule has 1 unspecified atom stereocenters. The standard InChI is InChI=1S/C19H19FN4O3S3/c1-13(24(30(2,26)27)16-10-8-15(20)9-11-16)17(25)21-18-22-23-19(29-18)28-12-14-6-4-3-5-7-14/h3-11,13H,12H2,1-2H3,(H,21,22,25). The minimum absolute atomic E-state index is 0.193. The summed E-state index contributed by atoms with van der Waals surface area (Å²) in [4.78, 5) is 12.7. The Kier molecular flexibility index (Phi) is 7.06. The largest absolute Gasteiger partial charge is 0.299 e. The summed E-state index contributed by atoms with van der Waals surface area (Å²) in [5.74, 6) is -0.356. The summed E-state index contributed by atoms with van der Waals surface area (Å²) in [7, 11) is -3.79. The molecule has 0 aliphatic carbocycles. The molecule has 0 aliphatic heterocycles. The fourth-order valence-electron chi connectivity index (χ4n) is 2.64. The highest BCUT2D eigenvalue weighted by Crippen LogP contribution is 2.29. The number of benzene rings is 2. The molecule has 30 heavy (non-hydrogen) atoms. The van der Waals surface area contributed by atoms with E-state index >= 15 is 0 Å². The SMILES string of the molecule is CC(C(=O)Nc1nnc(SCc2ccccc2)s1)N(c1ccc(F)cc1)S(C)(=O)=O. The summed E-state index contributed by atoms with van der Waals surface area (Å²) in [6.07, 6.45) is 0.989. The third-order valence-corrected chi connectivity index (χ3v) is 7.30. The van der Waals surface area contributed by atoms with E-state index in [1.165, 1.54) is 42.2 Å². The smallest absolute Gasteiger partial charge is 0.249 e. The first-order valence-electron chi connectivity index (χ1n) is 8.80. The van der Waals surface area contributed by atoms with E-state index in [1.54, 1.807) is 0 Å². The Morgan fingerprint density at radius 3 is 2.47 bits per heavy atom. The predicted molar refractivity (Wildman–Crippen MR) is 118 cm³/mol. The molecule has 0 saturated heterocycles. The monoisotopic (exact) mass is 466 g/mol. The molecule has 2 aromatic carbocycles.